The first-order valence-corrected chi connectivity index (χ1v) is 10.9. The van der Waals surface area contributed by atoms with E-state index >= 15 is 0 Å². The molecule has 0 spiro atoms. The minimum absolute atomic E-state index is 0.179. The van der Waals surface area contributed by atoms with Gasteiger partial charge in [-0.15, -0.1) is 0 Å². The maximum absolute atomic E-state index is 12.1. The van der Waals surface area contributed by atoms with E-state index in [2.05, 4.69) is 20.4 Å². The van der Waals surface area contributed by atoms with Crippen molar-refractivity contribution >= 4 is 23.3 Å². The average molecular weight is 429 g/mol. The van der Waals surface area contributed by atoms with Gasteiger partial charge in [0.15, 0.2) is 12.4 Å². The molecule has 1 N–H and O–H groups in total. The van der Waals surface area contributed by atoms with Gasteiger partial charge in [-0.2, -0.15) is 4.98 Å². The number of aryl methyl sites for hydroxylation is 1. The monoisotopic (exact) mass is 428 g/mol. The number of benzene rings is 1. The first-order chi connectivity index (χ1) is 14.8. The molecular formula is C23H32N4O4. The van der Waals surface area contributed by atoms with Crippen LogP contribution in [0.1, 0.15) is 64.6 Å². The summed E-state index contributed by atoms with van der Waals surface area (Å²) < 4.78 is 10.3. The van der Waals surface area contributed by atoms with Gasteiger partial charge in [-0.1, -0.05) is 25.9 Å². The molecule has 1 aromatic heterocycles. The number of nitrogens with zero attached hydrogens (tertiary/aromatic N) is 3. The number of piperidine rings is 1. The van der Waals surface area contributed by atoms with Crippen molar-refractivity contribution in [2.24, 2.45) is 0 Å². The van der Waals surface area contributed by atoms with Gasteiger partial charge in [-0.25, -0.2) is 0 Å². The van der Waals surface area contributed by atoms with E-state index in [1.807, 2.05) is 45.0 Å². The van der Waals surface area contributed by atoms with Crippen LogP contribution >= 0.6 is 0 Å². The van der Waals surface area contributed by atoms with E-state index < -0.39 is 5.97 Å². The van der Waals surface area contributed by atoms with Crippen LogP contribution in [0, 0.1) is 0 Å². The highest BCUT2D eigenvalue weighted by atomic mass is 16.5. The summed E-state index contributed by atoms with van der Waals surface area (Å²) >= 11 is 0. The molecule has 1 aliphatic rings. The van der Waals surface area contributed by atoms with E-state index in [1.165, 1.54) is 24.9 Å². The fraction of sp³-hybridized carbons (Fsp3) is 0.565. The van der Waals surface area contributed by atoms with Crippen LogP contribution < -0.4 is 10.2 Å². The van der Waals surface area contributed by atoms with Crippen LogP contribution in [0.5, 0.6) is 0 Å². The van der Waals surface area contributed by atoms with Crippen LogP contribution in [0.3, 0.4) is 0 Å². The first kappa shape index (κ1) is 22.8. The maximum atomic E-state index is 12.1. The third-order valence-corrected chi connectivity index (χ3v) is 5.15. The van der Waals surface area contributed by atoms with Gasteiger partial charge in [0.05, 0.1) is 0 Å². The molecule has 168 valence electrons. The number of anilines is 2. The predicted octanol–water partition coefficient (Wildman–Crippen LogP) is 3.86. The number of amides is 1. The van der Waals surface area contributed by atoms with Gasteiger partial charge in [-0.3, -0.25) is 9.59 Å². The molecule has 1 amide bonds. The Morgan fingerprint density at radius 2 is 1.84 bits per heavy atom. The number of hydrogen-bond donors (Lipinski definition) is 1. The van der Waals surface area contributed by atoms with Gasteiger partial charge in [0.25, 0.3) is 5.91 Å². The molecule has 3 rings (SSSR count). The fourth-order valence-electron chi connectivity index (χ4n) is 3.37. The van der Waals surface area contributed by atoms with Crippen molar-refractivity contribution in [2.45, 2.75) is 64.7 Å². The molecular weight excluding hydrogens is 396 g/mol. The molecule has 0 saturated carbocycles. The number of rotatable bonds is 8. The molecule has 2 aromatic rings. The highest BCUT2D eigenvalue weighted by Gasteiger charge is 2.21. The van der Waals surface area contributed by atoms with Gasteiger partial charge in [0.2, 0.25) is 5.89 Å². The molecule has 0 radical (unpaired) electrons. The van der Waals surface area contributed by atoms with Crippen LogP contribution in [0.15, 0.2) is 28.8 Å². The highest BCUT2D eigenvalue weighted by Crippen LogP contribution is 2.22. The van der Waals surface area contributed by atoms with Gasteiger partial charge in [0.1, 0.15) is 0 Å². The standard InChI is InChI=1S/C23H32N4O4/c1-23(2,3)22-25-20(31-26-22)8-7-9-21(29)30-16-19(28)24-17-10-12-18(13-11-17)27-14-5-4-6-15-27/h10-13H,4-9,14-16H2,1-3H3,(H,24,28). The number of nitrogens with one attached hydrogen (secondary N) is 1. The second-order valence-electron chi connectivity index (χ2n) is 8.92. The zero-order valence-corrected chi connectivity index (χ0v) is 18.6. The molecule has 0 bridgehead atoms. The van der Waals surface area contributed by atoms with E-state index in [0.717, 1.165) is 13.1 Å². The summed E-state index contributed by atoms with van der Waals surface area (Å²) in [6.45, 7) is 7.87. The topological polar surface area (TPSA) is 97.6 Å². The van der Waals surface area contributed by atoms with Crippen molar-refractivity contribution in [3.8, 4) is 0 Å². The number of carbonyl (C=O) groups excluding carboxylic acids is 2. The Bertz CT molecular complexity index is 864. The van der Waals surface area contributed by atoms with Gasteiger partial charge in [0, 0.05) is 42.7 Å². The van der Waals surface area contributed by atoms with E-state index in [-0.39, 0.29) is 24.3 Å². The Kier molecular flexibility index (Phi) is 7.65. The predicted molar refractivity (Wildman–Crippen MR) is 118 cm³/mol. The second-order valence-corrected chi connectivity index (χ2v) is 8.92. The molecule has 0 atom stereocenters. The second kappa shape index (κ2) is 10.4. The summed E-state index contributed by atoms with van der Waals surface area (Å²) in [4.78, 5) is 30.7. The third kappa shape index (κ3) is 7.08. The maximum Gasteiger partial charge on any atom is 0.306 e. The van der Waals surface area contributed by atoms with Crippen molar-refractivity contribution < 1.29 is 18.8 Å². The molecule has 31 heavy (non-hydrogen) atoms. The smallest absolute Gasteiger partial charge is 0.306 e. The molecule has 1 aromatic carbocycles. The van der Waals surface area contributed by atoms with Crippen molar-refractivity contribution in [3.05, 3.63) is 36.0 Å². The van der Waals surface area contributed by atoms with Crippen molar-refractivity contribution in [1.29, 1.82) is 0 Å². The number of hydrogen-bond acceptors (Lipinski definition) is 7. The molecule has 1 fully saturated rings. The number of ether oxygens (including phenoxy) is 1. The lowest BCUT2D eigenvalue weighted by molar-refractivity contribution is -0.147. The Balaban J connectivity index is 1.34. The largest absolute Gasteiger partial charge is 0.456 e. The molecule has 8 nitrogen and oxygen atoms in total. The summed E-state index contributed by atoms with van der Waals surface area (Å²) in [6.07, 6.45) is 4.93. The van der Waals surface area contributed by atoms with Crippen molar-refractivity contribution in [3.63, 3.8) is 0 Å². The Hall–Kier alpha value is -2.90. The molecule has 1 aliphatic heterocycles. The summed E-state index contributed by atoms with van der Waals surface area (Å²) in [7, 11) is 0. The molecule has 2 heterocycles. The van der Waals surface area contributed by atoms with Gasteiger partial charge >= 0.3 is 5.97 Å². The fourth-order valence-corrected chi connectivity index (χ4v) is 3.37. The van der Waals surface area contributed by atoms with E-state index in [4.69, 9.17) is 9.26 Å². The van der Waals surface area contributed by atoms with Crippen LogP contribution in [-0.4, -0.2) is 41.7 Å². The van der Waals surface area contributed by atoms with Crippen LogP contribution in [-0.2, 0) is 26.2 Å². The van der Waals surface area contributed by atoms with E-state index in [9.17, 15) is 9.59 Å². The van der Waals surface area contributed by atoms with Crippen LogP contribution in [0.25, 0.3) is 0 Å². The Morgan fingerprint density at radius 3 is 2.48 bits per heavy atom. The van der Waals surface area contributed by atoms with E-state index in [0.29, 0.717) is 30.2 Å². The number of carbonyl (C=O) groups is 2. The zero-order chi connectivity index (χ0) is 22.3. The lowest BCUT2D eigenvalue weighted by atomic mass is 9.96. The average Bonchev–Trinajstić information content (AvgIpc) is 3.23. The lowest BCUT2D eigenvalue weighted by Gasteiger charge is -2.28. The van der Waals surface area contributed by atoms with Gasteiger partial charge < -0.3 is 19.5 Å². The lowest BCUT2D eigenvalue weighted by Crippen LogP contribution is -2.29. The minimum Gasteiger partial charge on any atom is -0.456 e. The quantitative estimate of drug-likeness (QED) is 0.638. The minimum atomic E-state index is -0.425. The first-order valence-electron chi connectivity index (χ1n) is 10.9. The molecule has 0 unspecified atom stereocenters. The van der Waals surface area contributed by atoms with Crippen LogP contribution in [0.2, 0.25) is 0 Å². The number of aromatic nitrogens is 2. The molecule has 0 aliphatic carbocycles. The summed E-state index contributed by atoms with van der Waals surface area (Å²) in [5.74, 6) is 0.367. The van der Waals surface area contributed by atoms with Gasteiger partial charge in [-0.05, 0) is 49.9 Å². The van der Waals surface area contributed by atoms with Crippen molar-refractivity contribution in [2.75, 3.05) is 29.9 Å². The van der Waals surface area contributed by atoms with Crippen molar-refractivity contribution in [1.82, 2.24) is 10.1 Å². The Morgan fingerprint density at radius 1 is 1.13 bits per heavy atom. The molecule has 8 heteroatoms. The van der Waals surface area contributed by atoms with E-state index in [1.54, 1.807) is 0 Å². The highest BCUT2D eigenvalue weighted by molar-refractivity contribution is 5.92. The Labute approximate surface area is 183 Å². The molecule has 1 saturated heterocycles. The number of esters is 1. The van der Waals surface area contributed by atoms with Crippen LogP contribution in [0.4, 0.5) is 11.4 Å². The summed E-state index contributed by atoms with van der Waals surface area (Å²) in [5.41, 5.74) is 1.68. The summed E-state index contributed by atoms with van der Waals surface area (Å²) in [6, 6.07) is 7.77. The SMILES string of the molecule is CC(C)(C)c1noc(CCCC(=O)OCC(=O)Nc2ccc(N3CCCCC3)cc2)n1. The zero-order valence-electron chi connectivity index (χ0n) is 18.6. The normalized spacial score (nSPS) is 14.4. The third-order valence-electron chi connectivity index (χ3n) is 5.15. The summed E-state index contributed by atoms with van der Waals surface area (Å²) in [5, 5.41) is 6.72.